The van der Waals surface area contributed by atoms with E-state index >= 15 is 0 Å². The van der Waals surface area contributed by atoms with Gasteiger partial charge in [-0.3, -0.25) is 5.43 Å². The number of aromatic nitrogens is 2. The van der Waals surface area contributed by atoms with E-state index in [1.165, 1.54) is 0 Å². The molecule has 0 radical (unpaired) electrons. The summed E-state index contributed by atoms with van der Waals surface area (Å²) < 4.78 is 23.9. The molecule has 13 heteroatoms. The van der Waals surface area contributed by atoms with E-state index in [0.29, 0.717) is 42.9 Å². The molecule has 226 valence electrons. The number of anilines is 3. The summed E-state index contributed by atoms with van der Waals surface area (Å²) in [6.45, 7) is 11.1. The number of carbonyl (C=O) groups is 1. The summed E-state index contributed by atoms with van der Waals surface area (Å²) >= 11 is 0. The molecular weight excluding hydrogens is 546 g/mol. The molecule has 1 aromatic heterocycles. The van der Waals surface area contributed by atoms with Gasteiger partial charge >= 0.3 is 5.30 Å². The summed E-state index contributed by atoms with van der Waals surface area (Å²) in [6.07, 6.45) is 0. The summed E-state index contributed by atoms with van der Waals surface area (Å²) in [7, 11) is 8.12. The van der Waals surface area contributed by atoms with Gasteiger partial charge in [0, 0.05) is 62.5 Å². The van der Waals surface area contributed by atoms with Crippen molar-refractivity contribution in [1.29, 1.82) is 0 Å². The molecule has 1 N–H and O–H groups in total. The Morgan fingerprint density at radius 3 is 2.34 bits per heavy atom. The maximum atomic E-state index is 12.7. The minimum Gasteiger partial charge on any atom is -0.493 e. The van der Waals surface area contributed by atoms with E-state index in [4.69, 9.17) is 28.9 Å². The first-order valence-corrected chi connectivity index (χ1v) is 15.0. The molecule has 3 heterocycles. The highest BCUT2D eigenvalue weighted by Crippen LogP contribution is 2.39. The van der Waals surface area contributed by atoms with Gasteiger partial charge in [-0.25, -0.2) is 4.79 Å². The molecule has 1 fully saturated rings. The first-order valence-electron chi connectivity index (χ1n) is 13.8. The van der Waals surface area contributed by atoms with Gasteiger partial charge in [0.05, 0.1) is 27.9 Å². The molecule has 0 saturated carbocycles. The predicted octanol–water partition coefficient (Wildman–Crippen LogP) is 3.62. The second-order valence-corrected chi connectivity index (χ2v) is 12.0. The number of methoxy groups -OCH3 is 3. The number of nitrogens with zero attached hydrogens (tertiary/aromatic N) is 6. The third-order valence-corrected chi connectivity index (χ3v) is 9.01. The topological polar surface area (TPSA) is 105 Å². The van der Waals surface area contributed by atoms with Gasteiger partial charge in [0.2, 0.25) is 11.7 Å². The molecular formula is C28H43N7O5S. The van der Waals surface area contributed by atoms with Gasteiger partial charge in [-0.05, 0) is 49.9 Å². The van der Waals surface area contributed by atoms with Crippen LogP contribution in [0.2, 0.25) is 0 Å². The average Bonchev–Trinajstić information content (AvgIpc) is 3.33. The van der Waals surface area contributed by atoms with Gasteiger partial charge in [-0.1, -0.05) is 6.92 Å². The van der Waals surface area contributed by atoms with Crippen molar-refractivity contribution in [3.05, 3.63) is 23.3 Å². The summed E-state index contributed by atoms with van der Waals surface area (Å²) in [6, 6.07) is 3.89. The average molecular weight is 590 g/mol. The number of hydrogen-bond acceptors (Lipinski definition) is 12. The molecule has 1 saturated heterocycles. The van der Waals surface area contributed by atoms with E-state index in [1.807, 2.05) is 35.9 Å². The molecule has 12 nitrogen and oxygen atoms in total. The largest absolute Gasteiger partial charge is 0.493 e. The van der Waals surface area contributed by atoms with Crippen LogP contribution in [0.15, 0.2) is 12.1 Å². The number of nitrogens with one attached hydrogen (secondary N) is 1. The van der Waals surface area contributed by atoms with Crippen molar-refractivity contribution in [3.8, 4) is 17.2 Å². The fraction of sp³-hybridized carbons (Fsp3) is 0.571. The number of benzene rings is 1. The second-order valence-electron chi connectivity index (χ2n) is 10.3. The molecule has 2 aliphatic rings. The van der Waals surface area contributed by atoms with Gasteiger partial charge in [-0.2, -0.15) is 14.4 Å². The molecule has 4 rings (SSSR count). The molecule has 1 aromatic carbocycles. The summed E-state index contributed by atoms with van der Waals surface area (Å²) in [5.74, 6) is 4.09. The Balaban J connectivity index is 1.69. The minimum absolute atomic E-state index is 0.222. The van der Waals surface area contributed by atoms with Crippen LogP contribution in [-0.4, -0.2) is 105 Å². The lowest BCUT2D eigenvalue weighted by molar-refractivity contribution is 0.180. The number of hydrazine groups is 1. The third-order valence-electron chi connectivity index (χ3n) is 7.11. The Morgan fingerprint density at radius 1 is 1.10 bits per heavy atom. The summed E-state index contributed by atoms with van der Waals surface area (Å²) in [5, 5.41) is 1.77. The van der Waals surface area contributed by atoms with Crippen LogP contribution in [0.5, 0.6) is 17.2 Å². The SMILES string of the molecule is CCOC(=O)S1=CC(C)CN1Nc1nc(N(C)Cc2cc(OC)c(OC)c(OC)c2)c(C)c(N2CCN(C)CC2)n1. The van der Waals surface area contributed by atoms with E-state index in [9.17, 15) is 4.79 Å². The lowest BCUT2D eigenvalue weighted by atomic mass is 10.1. The number of likely N-dealkylation sites (N-methyl/N-ethyl adjacent to an activating group) is 1. The zero-order chi connectivity index (χ0) is 29.7. The molecule has 2 aliphatic heterocycles. The van der Waals surface area contributed by atoms with Crippen molar-refractivity contribution >= 4 is 38.9 Å². The Hall–Kier alpha value is -3.29. The second kappa shape index (κ2) is 13.6. The molecule has 2 unspecified atom stereocenters. The smallest absolute Gasteiger partial charge is 0.376 e. The molecule has 0 bridgehead atoms. The van der Waals surface area contributed by atoms with Gasteiger partial charge < -0.3 is 33.6 Å². The highest BCUT2D eigenvalue weighted by atomic mass is 32.2. The van der Waals surface area contributed by atoms with Crippen molar-refractivity contribution in [2.24, 2.45) is 5.92 Å². The Bertz CT molecular complexity index is 1240. The van der Waals surface area contributed by atoms with Crippen LogP contribution in [0.3, 0.4) is 0 Å². The molecule has 2 aromatic rings. The highest BCUT2D eigenvalue weighted by Gasteiger charge is 2.29. The number of hydrogen-bond donors (Lipinski definition) is 1. The van der Waals surface area contributed by atoms with Crippen molar-refractivity contribution in [2.75, 3.05) is 90.0 Å². The maximum Gasteiger partial charge on any atom is 0.376 e. The van der Waals surface area contributed by atoms with Gasteiger partial charge in [0.15, 0.2) is 11.5 Å². The highest BCUT2D eigenvalue weighted by molar-refractivity contribution is 8.25. The molecule has 41 heavy (non-hydrogen) atoms. The molecule has 2 atom stereocenters. The van der Waals surface area contributed by atoms with Crippen molar-refractivity contribution in [1.82, 2.24) is 19.3 Å². The van der Waals surface area contributed by atoms with E-state index < -0.39 is 10.7 Å². The zero-order valence-electron chi connectivity index (χ0n) is 25.4. The van der Waals surface area contributed by atoms with Crippen molar-refractivity contribution < 1.29 is 23.7 Å². The fourth-order valence-corrected chi connectivity index (χ4v) is 6.80. The predicted molar refractivity (Wildman–Crippen MR) is 165 cm³/mol. The standard InChI is InChI=1S/C28H43N7O5S/c1-9-40-28(36)41-18-19(2)16-35(41)31-27-29-25(20(3)26(30-27)34-12-10-32(4)11-13-34)33(5)17-21-14-22(37-6)24(39-8)23(15-21)38-7/h14-15,18-19H,9-13,16-17H2,1-8H3,(H,29,30,31). The van der Waals surface area contributed by atoms with Crippen molar-refractivity contribution in [3.63, 3.8) is 0 Å². The monoisotopic (exact) mass is 589 g/mol. The maximum absolute atomic E-state index is 12.7. The fourth-order valence-electron chi connectivity index (χ4n) is 5.03. The first kappa shape index (κ1) is 30.7. The van der Waals surface area contributed by atoms with Gasteiger partial charge in [0.25, 0.3) is 0 Å². The lowest BCUT2D eigenvalue weighted by Crippen LogP contribution is -2.45. The third kappa shape index (κ3) is 6.96. The number of ether oxygens (including phenoxy) is 4. The van der Waals surface area contributed by atoms with E-state index in [0.717, 1.165) is 48.9 Å². The Kier molecular flexibility index (Phi) is 10.2. The molecule has 0 spiro atoms. The molecule has 0 aliphatic carbocycles. The van der Waals surface area contributed by atoms with E-state index in [-0.39, 0.29) is 11.2 Å². The van der Waals surface area contributed by atoms with E-state index in [1.54, 1.807) is 21.3 Å². The Morgan fingerprint density at radius 2 is 1.76 bits per heavy atom. The van der Waals surface area contributed by atoms with Crippen LogP contribution in [0.4, 0.5) is 22.4 Å². The summed E-state index contributed by atoms with van der Waals surface area (Å²) in [4.78, 5) is 29.4. The zero-order valence-corrected chi connectivity index (χ0v) is 26.2. The minimum atomic E-state index is -0.839. The summed E-state index contributed by atoms with van der Waals surface area (Å²) in [5.41, 5.74) is 5.32. The molecule has 0 amide bonds. The first-order chi connectivity index (χ1) is 19.7. The van der Waals surface area contributed by atoms with Crippen LogP contribution in [0.25, 0.3) is 0 Å². The van der Waals surface area contributed by atoms with Crippen LogP contribution < -0.4 is 29.4 Å². The van der Waals surface area contributed by atoms with E-state index in [2.05, 4.69) is 41.0 Å². The van der Waals surface area contributed by atoms with Gasteiger partial charge in [-0.15, -0.1) is 0 Å². The lowest BCUT2D eigenvalue weighted by Gasteiger charge is -2.35. The van der Waals surface area contributed by atoms with Crippen LogP contribution in [0, 0.1) is 12.8 Å². The van der Waals surface area contributed by atoms with Crippen LogP contribution in [0.1, 0.15) is 25.0 Å². The Labute approximate surface area is 245 Å². The van der Waals surface area contributed by atoms with Crippen LogP contribution >= 0.6 is 10.7 Å². The quantitative estimate of drug-likeness (QED) is 0.323. The van der Waals surface area contributed by atoms with Crippen molar-refractivity contribution in [2.45, 2.75) is 27.3 Å². The number of carbonyl (C=O) groups excluding carboxylic acids is 1. The normalized spacial score (nSPS) is 19.5. The number of rotatable bonds is 10. The number of piperazine rings is 1. The van der Waals surface area contributed by atoms with Crippen LogP contribution in [-0.2, 0) is 11.3 Å². The van der Waals surface area contributed by atoms with Gasteiger partial charge in [0.1, 0.15) is 11.6 Å².